The number of nitrogens with zero attached hydrogens (tertiary/aromatic N) is 2. The highest BCUT2D eigenvalue weighted by molar-refractivity contribution is 6.31. The van der Waals surface area contributed by atoms with Crippen molar-refractivity contribution in [1.82, 2.24) is 20.3 Å². The number of H-pyrrole nitrogens is 1. The van der Waals surface area contributed by atoms with E-state index in [4.69, 9.17) is 21.3 Å². The third-order valence-corrected chi connectivity index (χ3v) is 7.66. The minimum absolute atomic E-state index is 0.0665. The van der Waals surface area contributed by atoms with E-state index in [2.05, 4.69) is 20.6 Å². The zero-order valence-electron chi connectivity index (χ0n) is 19.2. The Morgan fingerprint density at radius 2 is 2.09 bits per heavy atom. The van der Waals surface area contributed by atoms with Gasteiger partial charge in [0.2, 0.25) is 5.88 Å². The first-order valence-electron chi connectivity index (χ1n) is 12.0. The number of benzene rings is 1. The lowest BCUT2D eigenvalue weighted by molar-refractivity contribution is 0.0944. The Hall–Kier alpha value is -3.58. The highest BCUT2D eigenvalue weighted by Crippen LogP contribution is 2.50. The lowest BCUT2D eigenvalue weighted by atomic mass is 10.0. The predicted octanol–water partition coefficient (Wildman–Crippen LogP) is 5.72. The molecule has 7 rings (SSSR count). The number of rotatable bonds is 6. The fourth-order valence-corrected chi connectivity index (χ4v) is 5.10. The van der Waals surface area contributed by atoms with E-state index in [0.29, 0.717) is 34.9 Å². The van der Waals surface area contributed by atoms with Gasteiger partial charge in [-0.1, -0.05) is 17.7 Å². The van der Waals surface area contributed by atoms with Crippen LogP contribution in [0.25, 0.3) is 22.3 Å². The molecule has 1 aromatic carbocycles. The maximum atomic E-state index is 13.2. The lowest BCUT2D eigenvalue weighted by Gasteiger charge is -2.16. The van der Waals surface area contributed by atoms with E-state index in [1.807, 2.05) is 43.3 Å². The van der Waals surface area contributed by atoms with Crippen molar-refractivity contribution in [1.29, 1.82) is 0 Å². The van der Waals surface area contributed by atoms with Gasteiger partial charge in [-0.05, 0) is 61.9 Å². The molecule has 0 bridgehead atoms. The standard InChI is InChI=1S/C27H24ClN5O2/c1-13-17(28)3-2-4-18(13)30-26-22-24(16-11-20(16)31-27(22)34)33-25(26)15-9-10-29-19-7-8-21(32-23(15)19)35-12-14-5-6-14/h2-4,7-10,14,16,20,30,33H,5-6,11-12H2,1H3,(H,31,34)/t16-,20+/m0/s1. The van der Waals surface area contributed by atoms with Gasteiger partial charge in [-0.25, -0.2) is 4.98 Å². The normalized spacial score (nSPS) is 20.2. The van der Waals surface area contributed by atoms with Crippen LogP contribution in [0.2, 0.25) is 5.02 Å². The summed E-state index contributed by atoms with van der Waals surface area (Å²) in [6, 6.07) is 11.7. The fourth-order valence-electron chi connectivity index (χ4n) is 4.93. The molecule has 4 aromatic rings. The first-order chi connectivity index (χ1) is 17.1. The molecule has 0 unspecified atom stereocenters. The zero-order valence-corrected chi connectivity index (χ0v) is 19.9. The average molecular weight is 486 g/mol. The van der Waals surface area contributed by atoms with Crippen molar-refractivity contribution in [3.05, 3.63) is 64.4 Å². The van der Waals surface area contributed by atoms with E-state index in [1.54, 1.807) is 6.20 Å². The van der Waals surface area contributed by atoms with Gasteiger partial charge in [0.15, 0.2) is 0 Å². The molecule has 2 saturated carbocycles. The van der Waals surface area contributed by atoms with Gasteiger partial charge in [-0.3, -0.25) is 9.78 Å². The second kappa shape index (κ2) is 7.71. The van der Waals surface area contributed by atoms with Crippen LogP contribution in [0, 0.1) is 12.8 Å². The number of nitrogens with one attached hydrogen (secondary N) is 3. The summed E-state index contributed by atoms with van der Waals surface area (Å²) in [7, 11) is 0. The second-order valence-corrected chi connectivity index (χ2v) is 10.2. The Kier molecular flexibility index (Phi) is 4.58. The number of anilines is 2. The van der Waals surface area contributed by atoms with Gasteiger partial charge in [0, 0.05) is 46.2 Å². The van der Waals surface area contributed by atoms with Gasteiger partial charge in [-0.15, -0.1) is 0 Å². The Morgan fingerprint density at radius 3 is 2.94 bits per heavy atom. The number of ether oxygens (including phenoxy) is 1. The highest BCUT2D eigenvalue weighted by atomic mass is 35.5. The van der Waals surface area contributed by atoms with Crippen LogP contribution in [-0.2, 0) is 0 Å². The first kappa shape index (κ1) is 20.8. The number of hydrogen-bond donors (Lipinski definition) is 3. The van der Waals surface area contributed by atoms with Gasteiger partial charge in [-0.2, -0.15) is 0 Å². The van der Waals surface area contributed by atoms with Crippen molar-refractivity contribution < 1.29 is 9.53 Å². The summed E-state index contributed by atoms with van der Waals surface area (Å²) in [5.41, 5.74) is 7.32. The van der Waals surface area contributed by atoms with E-state index in [-0.39, 0.29) is 11.9 Å². The first-order valence-corrected chi connectivity index (χ1v) is 12.4. The van der Waals surface area contributed by atoms with Gasteiger partial charge >= 0.3 is 0 Å². The number of carbonyl (C=O) groups is 1. The van der Waals surface area contributed by atoms with Crippen LogP contribution in [0.5, 0.6) is 5.88 Å². The molecular weight excluding hydrogens is 462 g/mol. The minimum Gasteiger partial charge on any atom is -0.477 e. The third kappa shape index (κ3) is 3.53. The number of carbonyl (C=O) groups excluding carboxylic acids is 1. The number of pyridine rings is 2. The molecule has 3 aromatic heterocycles. The van der Waals surface area contributed by atoms with Gasteiger partial charge < -0.3 is 20.4 Å². The van der Waals surface area contributed by atoms with E-state index >= 15 is 0 Å². The number of aromatic amines is 1. The van der Waals surface area contributed by atoms with Crippen molar-refractivity contribution in [2.24, 2.45) is 5.92 Å². The number of aromatic nitrogens is 3. The maximum absolute atomic E-state index is 13.2. The van der Waals surface area contributed by atoms with Crippen LogP contribution >= 0.6 is 11.6 Å². The second-order valence-electron chi connectivity index (χ2n) is 9.75. The number of fused-ring (bicyclic) bond motifs is 4. The summed E-state index contributed by atoms with van der Waals surface area (Å²) in [6.07, 6.45) is 5.16. The Labute approximate surface area is 207 Å². The molecule has 2 aliphatic carbocycles. The largest absolute Gasteiger partial charge is 0.477 e. The molecule has 2 atom stereocenters. The molecule has 3 aliphatic rings. The summed E-state index contributed by atoms with van der Waals surface area (Å²) in [5.74, 6) is 1.46. The average Bonchev–Trinajstić information content (AvgIpc) is 3.79. The number of amides is 1. The Bertz CT molecular complexity index is 1510. The minimum atomic E-state index is -0.0665. The predicted molar refractivity (Wildman–Crippen MR) is 136 cm³/mol. The van der Waals surface area contributed by atoms with Crippen molar-refractivity contribution in [3.63, 3.8) is 0 Å². The van der Waals surface area contributed by atoms with Crippen LogP contribution < -0.4 is 15.4 Å². The Balaban J connectivity index is 1.40. The molecule has 7 nitrogen and oxygen atoms in total. The smallest absolute Gasteiger partial charge is 0.255 e. The number of hydrogen-bond acceptors (Lipinski definition) is 5. The monoisotopic (exact) mass is 485 g/mol. The highest BCUT2D eigenvalue weighted by Gasteiger charge is 2.48. The zero-order chi connectivity index (χ0) is 23.7. The SMILES string of the molecule is Cc1c(Cl)cccc1Nc1c(-c2ccnc3ccc(OCC4CC4)nc23)[nH]c2c1C(=O)N[C@@H]1C[C@H]21. The molecule has 4 heterocycles. The maximum Gasteiger partial charge on any atom is 0.255 e. The summed E-state index contributed by atoms with van der Waals surface area (Å²) in [4.78, 5) is 26.1. The molecule has 3 N–H and O–H groups in total. The van der Waals surface area contributed by atoms with E-state index in [9.17, 15) is 4.79 Å². The van der Waals surface area contributed by atoms with Gasteiger partial charge in [0.1, 0.15) is 5.52 Å². The molecule has 2 fully saturated rings. The van der Waals surface area contributed by atoms with Crippen molar-refractivity contribution in [2.75, 3.05) is 11.9 Å². The van der Waals surface area contributed by atoms with E-state index in [1.165, 1.54) is 12.8 Å². The molecule has 1 amide bonds. The van der Waals surface area contributed by atoms with Gasteiger partial charge in [0.05, 0.1) is 29.1 Å². The van der Waals surface area contributed by atoms with Crippen molar-refractivity contribution in [3.8, 4) is 17.1 Å². The molecule has 176 valence electrons. The number of halogens is 1. The summed E-state index contributed by atoms with van der Waals surface area (Å²) >= 11 is 6.41. The van der Waals surface area contributed by atoms with E-state index < -0.39 is 0 Å². The summed E-state index contributed by atoms with van der Waals surface area (Å²) < 4.78 is 5.96. The van der Waals surface area contributed by atoms with Crippen molar-refractivity contribution in [2.45, 2.75) is 38.1 Å². The van der Waals surface area contributed by atoms with Crippen LogP contribution in [-0.4, -0.2) is 33.5 Å². The molecule has 1 aliphatic heterocycles. The molecule has 8 heteroatoms. The van der Waals surface area contributed by atoms with Crippen molar-refractivity contribution >= 4 is 39.9 Å². The molecular formula is C27H24ClN5O2. The summed E-state index contributed by atoms with van der Waals surface area (Å²) in [5, 5.41) is 7.33. The van der Waals surface area contributed by atoms with Gasteiger partial charge in [0.25, 0.3) is 5.91 Å². The molecule has 35 heavy (non-hydrogen) atoms. The Morgan fingerprint density at radius 1 is 1.20 bits per heavy atom. The fraction of sp³-hybridized carbons (Fsp3) is 0.296. The van der Waals surface area contributed by atoms with Crippen LogP contribution in [0.3, 0.4) is 0 Å². The topological polar surface area (TPSA) is 91.9 Å². The summed E-state index contributed by atoms with van der Waals surface area (Å²) in [6.45, 7) is 2.66. The molecule has 0 radical (unpaired) electrons. The quantitative estimate of drug-likeness (QED) is 0.325. The third-order valence-electron chi connectivity index (χ3n) is 7.25. The van der Waals surface area contributed by atoms with E-state index in [0.717, 1.165) is 51.3 Å². The van der Waals surface area contributed by atoms with Crippen LogP contribution in [0.15, 0.2) is 42.6 Å². The molecule has 0 spiro atoms. The van der Waals surface area contributed by atoms with Crippen LogP contribution in [0.1, 0.15) is 46.8 Å². The molecule has 0 saturated heterocycles. The van der Waals surface area contributed by atoms with Crippen LogP contribution in [0.4, 0.5) is 11.4 Å². The lowest BCUT2D eigenvalue weighted by Crippen LogP contribution is -2.31.